The summed E-state index contributed by atoms with van der Waals surface area (Å²) in [6.07, 6.45) is 1.76. The van der Waals surface area contributed by atoms with E-state index >= 15 is 0 Å². The Labute approximate surface area is 155 Å². The monoisotopic (exact) mass is 381 g/mol. The maximum absolute atomic E-state index is 13.0. The molecule has 0 atom stereocenters. The van der Waals surface area contributed by atoms with Gasteiger partial charge in [0.2, 0.25) is 10.0 Å². The molecule has 1 aromatic carbocycles. The van der Waals surface area contributed by atoms with E-state index in [-0.39, 0.29) is 10.8 Å². The maximum Gasteiger partial charge on any atom is 0.257 e. The van der Waals surface area contributed by atoms with Crippen molar-refractivity contribution in [2.45, 2.75) is 24.7 Å². The summed E-state index contributed by atoms with van der Waals surface area (Å²) in [4.78, 5) is 17.2. The van der Waals surface area contributed by atoms with Crippen molar-refractivity contribution in [1.82, 2.24) is 14.1 Å². The number of piperazine rings is 1. The highest BCUT2D eigenvalue weighted by molar-refractivity contribution is 7.89. The minimum absolute atomic E-state index is 0.163. The Bertz CT molecular complexity index is 752. The number of sulfonamides is 1. The average Bonchev–Trinajstić information content (AvgIpc) is 3.22. The lowest BCUT2D eigenvalue weighted by atomic mass is 10.1. The van der Waals surface area contributed by atoms with E-state index in [0.29, 0.717) is 37.5 Å². The van der Waals surface area contributed by atoms with Gasteiger partial charge in [0, 0.05) is 39.3 Å². The van der Waals surface area contributed by atoms with Gasteiger partial charge < -0.3 is 14.5 Å². The largest absolute Gasteiger partial charge is 0.496 e. The van der Waals surface area contributed by atoms with E-state index in [4.69, 9.17) is 4.74 Å². The van der Waals surface area contributed by atoms with Crippen LogP contribution in [0.15, 0.2) is 23.1 Å². The van der Waals surface area contributed by atoms with Gasteiger partial charge in [-0.1, -0.05) is 6.92 Å². The van der Waals surface area contributed by atoms with E-state index < -0.39 is 10.0 Å². The van der Waals surface area contributed by atoms with Gasteiger partial charge in [0.15, 0.2) is 0 Å². The van der Waals surface area contributed by atoms with Crippen molar-refractivity contribution in [3.8, 4) is 5.75 Å². The molecule has 0 saturated carbocycles. The van der Waals surface area contributed by atoms with Crippen LogP contribution in [0.4, 0.5) is 0 Å². The Morgan fingerprint density at radius 3 is 2.31 bits per heavy atom. The fraction of sp³-hybridized carbons (Fsp3) is 0.611. The van der Waals surface area contributed by atoms with Gasteiger partial charge >= 0.3 is 0 Å². The van der Waals surface area contributed by atoms with Crippen molar-refractivity contribution in [2.24, 2.45) is 0 Å². The van der Waals surface area contributed by atoms with Crippen molar-refractivity contribution in [1.29, 1.82) is 0 Å². The van der Waals surface area contributed by atoms with Gasteiger partial charge in [-0.15, -0.1) is 0 Å². The molecule has 26 heavy (non-hydrogen) atoms. The van der Waals surface area contributed by atoms with Crippen molar-refractivity contribution >= 4 is 15.9 Å². The van der Waals surface area contributed by atoms with Crippen molar-refractivity contribution < 1.29 is 17.9 Å². The van der Waals surface area contributed by atoms with Crippen molar-refractivity contribution in [3.63, 3.8) is 0 Å². The first-order valence-electron chi connectivity index (χ1n) is 9.17. The van der Waals surface area contributed by atoms with E-state index in [1.165, 1.54) is 23.5 Å². The van der Waals surface area contributed by atoms with Gasteiger partial charge in [-0.05, 0) is 37.6 Å². The van der Waals surface area contributed by atoms with Crippen LogP contribution in [-0.2, 0) is 10.0 Å². The molecule has 2 saturated heterocycles. The summed E-state index contributed by atoms with van der Waals surface area (Å²) in [7, 11) is -2.07. The molecule has 0 aromatic heterocycles. The molecule has 0 unspecified atom stereocenters. The number of hydrogen-bond acceptors (Lipinski definition) is 5. The third-order valence-electron chi connectivity index (χ3n) is 5.21. The summed E-state index contributed by atoms with van der Waals surface area (Å²) in [5.41, 5.74) is 0.317. The summed E-state index contributed by atoms with van der Waals surface area (Å²) >= 11 is 0. The normalized spacial score (nSPS) is 19.7. The minimum atomic E-state index is -3.56. The number of benzene rings is 1. The summed E-state index contributed by atoms with van der Waals surface area (Å²) in [6.45, 7) is 7.08. The van der Waals surface area contributed by atoms with E-state index in [2.05, 4.69) is 11.8 Å². The summed E-state index contributed by atoms with van der Waals surface area (Å²) in [5, 5.41) is 0. The van der Waals surface area contributed by atoms with Crippen molar-refractivity contribution in [2.75, 3.05) is 52.9 Å². The maximum atomic E-state index is 13.0. The van der Waals surface area contributed by atoms with Gasteiger partial charge in [-0.3, -0.25) is 4.79 Å². The van der Waals surface area contributed by atoms with Crippen LogP contribution < -0.4 is 4.74 Å². The molecule has 1 amide bonds. The highest BCUT2D eigenvalue weighted by Gasteiger charge is 2.30. The Hall–Kier alpha value is -1.64. The second-order valence-electron chi connectivity index (χ2n) is 6.70. The Morgan fingerprint density at radius 2 is 1.73 bits per heavy atom. The van der Waals surface area contributed by atoms with Crippen LogP contribution in [0.1, 0.15) is 30.1 Å². The molecule has 2 fully saturated rings. The average molecular weight is 381 g/mol. The molecule has 0 spiro atoms. The molecule has 8 heteroatoms. The van der Waals surface area contributed by atoms with Gasteiger partial charge in [0.1, 0.15) is 5.75 Å². The van der Waals surface area contributed by atoms with Gasteiger partial charge in [-0.25, -0.2) is 8.42 Å². The lowest BCUT2D eigenvalue weighted by Crippen LogP contribution is -2.48. The third kappa shape index (κ3) is 3.72. The minimum Gasteiger partial charge on any atom is -0.496 e. The highest BCUT2D eigenvalue weighted by atomic mass is 32.2. The number of amides is 1. The zero-order chi connectivity index (χ0) is 18.7. The third-order valence-corrected chi connectivity index (χ3v) is 7.11. The highest BCUT2D eigenvalue weighted by Crippen LogP contribution is 2.27. The Balaban J connectivity index is 1.87. The Morgan fingerprint density at radius 1 is 1.08 bits per heavy atom. The second kappa shape index (κ2) is 7.94. The number of hydrogen-bond donors (Lipinski definition) is 0. The number of carbonyl (C=O) groups excluding carboxylic acids is 1. The summed E-state index contributed by atoms with van der Waals surface area (Å²) in [5.74, 6) is 0.240. The first kappa shape index (κ1) is 19.1. The number of rotatable bonds is 5. The zero-order valence-electron chi connectivity index (χ0n) is 15.5. The van der Waals surface area contributed by atoms with E-state index in [1.54, 1.807) is 11.0 Å². The van der Waals surface area contributed by atoms with Gasteiger partial charge in [0.25, 0.3) is 5.91 Å². The predicted molar refractivity (Wildman–Crippen MR) is 99.0 cm³/mol. The first-order valence-corrected chi connectivity index (χ1v) is 10.6. The molecule has 0 bridgehead atoms. The molecule has 0 N–H and O–H groups in total. The summed E-state index contributed by atoms with van der Waals surface area (Å²) < 4.78 is 32.5. The van der Waals surface area contributed by atoms with Crippen LogP contribution in [0.25, 0.3) is 0 Å². The molecule has 3 rings (SSSR count). The molecule has 0 radical (unpaired) electrons. The van der Waals surface area contributed by atoms with Crippen LogP contribution >= 0.6 is 0 Å². The van der Waals surface area contributed by atoms with Crippen LogP contribution in [-0.4, -0.2) is 81.4 Å². The van der Waals surface area contributed by atoms with Gasteiger partial charge in [0.05, 0.1) is 17.6 Å². The number of methoxy groups -OCH3 is 1. The topological polar surface area (TPSA) is 70.2 Å². The molecule has 144 valence electrons. The molecule has 7 nitrogen and oxygen atoms in total. The first-order chi connectivity index (χ1) is 12.5. The fourth-order valence-electron chi connectivity index (χ4n) is 3.53. The summed E-state index contributed by atoms with van der Waals surface area (Å²) in [6, 6.07) is 4.58. The Kier molecular flexibility index (Phi) is 5.84. The lowest BCUT2D eigenvalue weighted by Gasteiger charge is -2.34. The number of carbonyl (C=O) groups is 1. The number of nitrogens with zero attached hydrogens (tertiary/aromatic N) is 3. The smallest absolute Gasteiger partial charge is 0.257 e. The molecule has 2 aliphatic rings. The van der Waals surface area contributed by atoms with Gasteiger partial charge in [-0.2, -0.15) is 4.31 Å². The zero-order valence-corrected chi connectivity index (χ0v) is 16.3. The molecule has 2 aliphatic heterocycles. The molecule has 2 heterocycles. The van der Waals surface area contributed by atoms with Crippen LogP contribution in [0.2, 0.25) is 0 Å². The molecule has 1 aromatic rings. The number of ether oxygens (including phenoxy) is 1. The SMILES string of the molecule is CCN1CCN(C(=O)c2cc(S(=O)(=O)N3CCCC3)ccc2OC)CC1. The van der Waals surface area contributed by atoms with E-state index in [9.17, 15) is 13.2 Å². The second-order valence-corrected chi connectivity index (χ2v) is 8.64. The molecular weight excluding hydrogens is 354 g/mol. The van der Waals surface area contributed by atoms with E-state index in [1.807, 2.05) is 0 Å². The van der Waals surface area contributed by atoms with E-state index in [0.717, 1.165) is 32.5 Å². The molecule has 0 aliphatic carbocycles. The van der Waals surface area contributed by atoms with Crippen LogP contribution in [0.5, 0.6) is 5.75 Å². The van der Waals surface area contributed by atoms with Crippen LogP contribution in [0.3, 0.4) is 0 Å². The standard InChI is InChI=1S/C18H27N3O4S/c1-3-19-10-12-20(13-11-19)18(22)16-14-15(6-7-17(16)25-2)26(23,24)21-8-4-5-9-21/h6-7,14H,3-5,8-13H2,1-2H3. The van der Waals surface area contributed by atoms with Crippen molar-refractivity contribution in [3.05, 3.63) is 23.8 Å². The number of likely N-dealkylation sites (N-methyl/N-ethyl adjacent to an activating group) is 1. The fourth-order valence-corrected chi connectivity index (χ4v) is 5.07. The lowest BCUT2D eigenvalue weighted by molar-refractivity contribution is 0.0640. The van der Waals surface area contributed by atoms with Crippen LogP contribution in [0, 0.1) is 0 Å². The predicted octanol–water partition coefficient (Wildman–Crippen LogP) is 1.26. The quantitative estimate of drug-likeness (QED) is 0.768. The molecular formula is C18H27N3O4S.